The average Bonchev–Trinajstić information content (AvgIpc) is 2.42. The van der Waals surface area contributed by atoms with Crippen molar-refractivity contribution >= 4 is 19.4 Å². The summed E-state index contributed by atoms with van der Waals surface area (Å²) >= 11 is 0.373. The first-order valence-corrected chi connectivity index (χ1v) is 9.17. The molecule has 1 saturated carbocycles. The molecule has 0 radical (unpaired) electrons. The fourth-order valence-corrected chi connectivity index (χ4v) is 5.89. The van der Waals surface area contributed by atoms with E-state index in [2.05, 4.69) is 61.1 Å². The molecule has 4 heteroatoms. The predicted molar refractivity (Wildman–Crippen MR) is 85.3 cm³/mol. The van der Waals surface area contributed by atoms with E-state index in [4.69, 9.17) is 5.53 Å². The van der Waals surface area contributed by atoms with E-state index >= 15 is 0 Å². The zero-order valence-electron chi connectivity index (χ0n) is 12.5. The normalized spacial score (nSPS) is 30.0. The molecular weight excluding hydrogens is 313 g/mol. The van der Waals surface area contributed by atoms with Crippen molar-refractivity contribution in [2.75, 3.05) is 0 Å². The summed E-state index contributed by atoms with van der Waals surface area (Å²) in [6, 6.07) is 10.7. The zero-order chi connectivity index (χ0) is 14.6. The van der Waals surface area contributed by atoms with Crippen LogP contribution in [0.3, 0.4) is 0 Å². The van der Waals surface area contributed by atoms with Gasteiger partial charge in [0, 0.05) is 0 Å². The van der Waals surface area contributed by atoms with Gasteiger partial charge < -0.3 is 0 Å². The summed E-state index contributed by atoms with van der Waals surface area (Å²) in [7, 11) is 0. The molecule has 0 N–H and O–H groups in total. The van der Waals surface area contributed by atoms with Crippen molar-refractivity contribution in [2.45, 2.75) is 50.4 Å². The van der Waals surface area contributed by atoms with Gasteiger partial charge in [-0.15, -0.1) is 0 Å². The number of benzene rings is 1. The molecule has 0 aliphatic heterocycles. The third kappa shape index (κ3) is 3.57. The van der Waals surface area contributed by atoms with Crippen LogP contribution in [0.4, 0.5) is 0 Å². The number of hydrogen-bond acceptors (Lipinski definition) is 1. The van der Waals surface area contributed by atoms with E-state index in [1.165, 1.54) is 17.3 Å². The van der Waals surface area contributed by atoms with Gasteiger partial charge in [0.15, 0.2) is 0 Å². The van der Waals surface area contributed by atoms with Gasteiger partial charge >= 0.3 is 128 Å². The molecule has 108 valence electrons. The van der Waals surface area contributed by atoms with Crippen molar-refractivity contribution in [1.82, 2.24) is 0 Å². The first-order valence-electron chi connectivity index (χ1n) is 7.33. The molecule has 3 nitrogen and oxygen atoms in total. The average molecular weight is 336 g/mol. The van der Waals surface area contributed by atoms with Gasteiger partial charge in [0.2, 0.25) is 0 Å². The summed E-state index contributed by atoms with van der Waals surface area (Å²) in [6.07, 6.45) is 3.41. The van der Waals surface area contributed by atoms with E-state index < -0.39 is 0 Å². The third-order valence-corrected chi connectivity index (χ3v) is 7.68. The van der Waals surface area contributed by atoms with Crippen molar-refractivity contribution in [3.8, 4) is 0 Å². The van der Waals surface area contributed by atoms with E-state index in [0.29, 0.717) is 19.8 Å². The Balaban J connectivity index is 2.20. The molecule has 3 atom stereocenters. The molecule has 0 unspecified atom stereocenters. The van der Waals surface area contributed by atoms with Gasteiger partial charge in [-0.2, -0.15) is 0 Å². The predicted octanol–water partition coefficient (Wildman–Crippen LogP) is 4.33. The van der Waals surface area contributed by atoms with Gasteiger partial charge in [0.05, 0.1) is 0 Å². The van der Waals surface area contributed by atoms with Crippen molar-refractivity contribution in [3.05, 3.63) is 40.8 Å². The van der Waals surface area contributed by atoms with Gasteiger partial charge in [0.25, 0.3) is 0 Å². The Morgan fingerprint density at radius 2 is 2.05 bits per heavy atom. The van der Waals surface area contributed by atoms with Gasteiger partial charge in [-0.25, -0.2) is 0 Å². The number of hydrogen-bond donors (Lipinski definition) is 0. The Bertz CT molecular complexity index is 482. The quantitative estimate of drug-likeness (QED) is 0.340. The van der Waals surface area contributed by atoms with Gasteiger partial charge in [-0.05, 0) is 0 Å². The van der Waals surface area contributed by atoms with Gasteiger partial charge in [-0.1, -0.05) is 0 Å². The van der Waals surface area contributed by atoms with Crippen LogP contribution in [0.25, 0.3) is 10.4 Å². The first kappa shape index (κ1) is 15.4. The van der Waals surface area contributed by atoms with Crippen molar-refractivity contribution in [1.29, 1.82) is 0 Å². The minimum absolute atomic E-state index is 0.198. The van der Waals surface area contributed by atoms with Gasteiger partial charge in [-0.3, -0.25) is 0 Å². The van der Waals surface area contributed by atoms with Crippen LogP contribution < -0.4 is 4.46 Å². The molecule has 0 bridgehead atoms. The van der Waals surface area contributed by atoms with Crippen LogP contribution in [-0.4, -0.2) is 20.5 Å². The van der Waals surface area contributed by atoms with E-state index in [1.807, 2.05) is 0 Å². The monoisotopic (exact) mass is 337 g/mol. The maximum atomic E-state index is 8.91. The fraction of sp³-hybridized carbons (Fsp3) is 0.625. The Labute approximate surface area is 127 Å². The van der Waals surface area contributed by atoms with Crippen LogP contribution >= 0.6 is 0 Å². The summed E-state index contributed by atoms with van der Waals surface area (Å²) in [4.78, 5) is 3.64. The molecule has 0 heterocycles. The van der Waals surface area contributed by atoms with Crippen LogP contribution in [-0.2, 0) is 0 Å². The van der Waals surface area contributed by atoms with E-state index in [9.17, 15) is 0 Å². The fourth-order valence-electron chi connectivity index (χ4n) is 2.95. The SMILES string of the molecule is CC(C)[C@@H]1CC[C@](C)(N=[N+]=[N-])[C@@H]([Se]c2ccccc2)C1. The van der Waals surface area contributed by atoms with Crippen LogP contribution in [0.1, 0.15) is 40.0 Å². The summed E-state index contributed by atoms with van der Waals surface area (Å²) in [5.74, 6) is 1.49. The molecule has 1 fully saturated rings. The van der Waals surface area contributed by atoms with E-state index in [0.717, 1.165) is 18.3 Å². The van der Waals surface area contributed by atoms with E-state index in [1.54, 1.807) is 0 Å². The molecule has 20 heavy (non-hydrogen) atoms. The standard InChI is InChI=1S/C16H23N3Se/c1-12(2)13-9-10-16(3,18-19-17)15(11-13)20-14-7-5-4-6-8-14/h4-8,12-13,15H,9-11H2,1-3H3/t13-,15+,16+/m1/s1. The first-order chi connectivity index (χ1) is 9.55. The van der Waals surface area contributed by atoms with Crippen LogP contribution in [0.5, 0.6) is 0 Å². The third-order valence-electron chi connectivity index (χ3n) is 4.47. The molecule has 0 saturated heterocycles. The molecule has 0 amide bonds. The van der Waals surface area contributed by atoms with Crippen molar-refractivity contribution in [3.63, 3.8) is 0 Å². The Morgan fingerprint density at radius 1 is 1.35 bits per heavy atom. The van der Waals surface area contributed by atoms with Crippen LogP contribution in [0, 0.1) is 11.8 Å². The Morgan fingerprint density at radius 3 is 2.65 bits per heavy atom. The molecule has 2 rings (SSSR count). The number of rotatable bonds is 4. The van der Waals surface area contributed by atoms with Crippen LogP contribution in [0.2, 0.25) is 4.82 Å². The van der Waals surface area contributed by atoms with Gasteiger partial charge in [0.1, 0.15) is 0 Å². The topological polar surface area (TPSA) is 48.8 Å². The second-order valence-corrected chi connectivity index (χ2v) is 8.92. The molecule has 1 aromatic rings. The zero-order valence-corrected chi connectivity index (χ0v) is 14.2. The summed E-state index contributed by atoms with van der Waals surface area (Å²) < 4.78 is 1.41. The van der Waals surface area contributed by atoms with Crippen molar-refractivity contribution in [2.24, 2.45) is 17.0 Å². The molecule has 1 aromatic carbocycles. The molecule has 0 spiro atoms. The summed E-state index contributed by atoms with van der Waals surface area (Å²) in [6.45, 7) is 6.78. The molecule has 1 aliphatic carbocycles. The maximum absolute atomic E-state index is 8.91. The number of azide groups is 1. The molecule has 1 aliphatic rings. The second kappa shape index (κ2) is 6.67. The number of nitrogens with zero attached hydrogens (tertiary/aromatic N) is 3. The minimum atomic E-state index is -0.198. The Kier molecular flexibility index (Phi) is 5.15. The van der Waals surface area contributed by atoms with Crippen LogP contribution in [0.15, 0.2) is 35.4 Å². The summed E-state index contributed by atoms with van der Waals surface area (Å²) in [5, 5.41) is 4.18. The Hall–Kier alpha value is -0.951. The molecule has 0 aromatic heterocycles. The molecular formula is C16H23N3Se. The summed E-state index contributed by atoms with van der Waals surface area (Å²) in [5.41, 5.74) is 8.71. The van der Waals surface area contributed by atoms with Crippen molar-refractivity contribution < 1.29 is 0 Å². The van der Waals surface area contributed by atoms with E-state index in [-0.39, 0.29) is 5.54 Å². The second-order valence-electron chi connectivity index (χ2n) is 6.24.